The number of hydrogen-bond acceptors (Lipinski definition) is 4. The molecule has 0 amide bonds. The van der Waals surface area contributed by atoms with E-state index >= 15 is 0 Å². The minimum atomic E-state index is 0.0113. The summed E-state index contributed by atoms with van der Waals surface area (Å²) in [6.45, 7) is 1.43. The van der Waals surface area contributed by atoms with E-state index in [0.717, 1.165) is 12.1 Å². The Bertz CT molecular complexity index is 619. The summed E-state index contributed by atoms with van der Waals surface area (Å²) in [5, 5.41) is 4.00. The first-order valence-corrected chi connectivity index (χ1v) is 7.22. The van der Waals surface area contributed by atoms with E-state index in [0.29, 0.717) is 23.1 Å². The fourth-order valence-electron chi connectivity index (χ4n) is 2.36. The monoisotopic (exact) mass is 304 g/mol. The van der Waals surface area contributed by atoms with Gasteiger partial charge in [-0.25, -0.2) is 0 Å². The van der Waals surface area contributed by atoms with Crippen LogP contribution in [0.1, 0.15) is 17.2 Å². The molecule has 110 valence electrons. The van der Waals surface area contributed by atoms with Crippen LogP contribution in [0.5, 0.6) is 11.5 Å². The Balaban J connectivity index is 1.76. The average Bonchev–Trinajstić information content (AvgIpc) is 2.98. The van der Waals surface area contributed by atoms with Gasteiger partial charge in [0.1, 0.15) is 0 Å². The summed E-state index contributed by atoms with van der Waals surface area (Å²) in [7, 11) is 0. The van der Waals surface area contributed by atoms with Gasteiger partial charge < -0.3 is 20.5 Å². The second kappa shape index (κ2) is 6.35. The molecule has 0 aromatic heterocycles. The summed E-state index contributed by atoms with van der Waals surface area (Å²) in [6, 6.07) is 14.0. The van der Waals surface area contributed by atoms with Gasteiger partial charge in [-0.05, 0) is 23.3 Å². The lowest BCUT2D eigenvalue weighted by Gasteiger charge is -2.18. The highest BCUT2D eigenvalue weighted by Gasteiger charge is 2.21. The Kier molecular flexibility index (Phi) is 4.29. The lowest BCUT2D eigenvalue weighted by Crippen LogP contribution is -2.27. The van der Waals surface area contributed by atoms with Crippen molar-refractivity contribution in [3.63, 3.8) is 0 Å². The fraction of sp³-hybridized carbons (Fsp3) is 0.250. The zero-order valence-electron chi connectivity index (χ0n) is 11.5. The zero-order chi connectivity index (χ0) is 14.7. The molecule has 0 aliphatic carbocycles. The van der Waals surface area contributed by atoms with Gasteiger partial charge in [-0.3, -0.25) is 0 Å². The van der Waals surface area contributed by atoms with Gasteiger partial charge in [0.15, 0.2) is 11.5 Å². The molecule has 0 saturated heterocycles. The van der Waals surface area contributed by atoms with Gasteiger partial charge in [0.2, 0.25) is 6.79 Å². The number of nitrogens with one attached hydrogen (secondary N) is 1. The molecule has 2 aromatic rings. The topological polar surface area (TPSA) is 56.5 Å². The predicted octanol–water partition coefficient (Wildman–Crippen LogP) is 2.86. The van der Waals surface area contributed by atoms with Crippen molar-refractivity contribution in [3.8, 4) is 11.5 Å². The number of benzene rings is 2. The Labute approximate surface area is 128 Å². The molecule has 21 heavy (non-hydrogen) atoms. The SMILES string of the molecule is NCC(NCc1ccccc1)c1cc(Cl)c2c(c1)OCO2. The van der Waals surface area contributed by atoms with Crippen molar-refractivity contribution >= 4 is 11.6 Å². The molecular formula is C16H17ClN2O2. The van der Waals surface area contributed by atoms with Crippen LogP contribution < -0.4 is 20.5 Å². The Morgan fingerprint density at radius 2 is 2.00 bits per heavy atom. The molecule has 2 aromatic carbocycles. The first kappa shape index (κ1) is 14.2. The van der Waals surface area contributed by atoms with Crippen LogP contribution in [0.2, 0.25) is 5.02 Å². The number of ether oxygens (including phenoxy) is 2. The number of hydrogen-bond donors (Lipinski definition) is 2. The normalized spacial score (nSPS) is 14.2. The highest BCUT2D eigenvalue weighted by atomic mass is 35.5. The molecule has 0 fully saturated rings. The maximum Gasteiger partial charge on any atom is 0.231 e. The van der Waals surface area contributed by atoms with Crippen LogP contribution >= 0.6 is 11.6 Å². The van der Waals surface area contributed by atoms with E-state index in [1.807, 2.05) is 30.3 Å². The van der Waals surface area contributed by atoms with Crippen LogP contribution in [-0.4, -0.2) is 13.3 Å². The van der Waals surface area contributed by atoms with Crippen molar-refractivity contribution < 1.29 is 9.47 Å². The van der Waals surface area contributed by atoms with E-state index < -0.39 is 0 Å². The highest BCUT2D eigenvalue weighted by Crippen LogP contribution is 2.40. The van der Waals surface area contributed by atoms with Crippen LogP contribution in [-0.2, 0) is 6.54 Å². The van der Waals surface area contributed by atoms with Crippen molar-refractivity contribution in [2.45, 2.75) is 12.6 Å². The molecular weight excluding hydrogens is 288 g/mol. The number of halogens is 1. The quantitative estimate of drug-likeness (QED) is 0.892. The lowest BCUT2D eigenvalue weighted by molar-refractivity contribution is 0.174. The zero-order valence-corrected chi connectivity index (χ0v) is 12.3. The summed E-state index contributed by atoms with van der Waals surface area (Å²) >= 11 is 6.22. The smallest absolute Gasteiger partial charge is 0.231 e. The summed E-state index contributed by atoms with van der Waals surface area (Å²) in [6.07, 6.45) is 0. The Morgan fingerprint density at radius 3 is 2.76 bits per heavy atom. The maximum atomic E-state index is 6.22. The molecule has 3 N–H and O–H groups in total. The molecule has 0 spiro atoms. The van der Waals surface area contributed by atoms with Gasteiger partial charge in [0, 0.05) is 19.1 Å². The highest BCUT2D eigenvalue weighted by molar-refractivity contribution is 6.32. The van der Waals surface area contributed by atoms with Gasteiger partial charge in [-0.1, -0.05) is 41.9 Å². The van der Waals surface area contributed by atoms with Crippen LogP contribution in [0.15, 0.2) is 42.5 Å². The fourth-order valence-corrected chi connectivity index (χ4v) is 2.64. The molecule has 1 heterocycles. The molecule has 1 atom stereocenters. The molecule has 4 nitrogen and oxygen atoms in total. The molecule has 0 bridgehead atoms. The second-order valence-corrected chi connectivity index (χ2v) is 5.30. The van der Waals surface area contributed by atoms with Gasteiger partial charge in [0.25, 0.3) is 0 Å². The largest absolute Gasteiger partial charge is 0.454 e. The van der Waals surface area contributed by atoms with Crippen molar-refractivity contribution in [2.24, 2.45) is 5.73 Å². The molecule has 5 heteroatoms. The molecule has 3 rings (SSSR count). The van der Waals surface area contributed by atoms with Crippen LogP contribution in [0.25, 0.3) is 0 Å². The third kappa shape index (κ3) is 3.13. The van der Waals surface area contributed by atoms with E-state index in [4.69, 9.17) is 26.8 Å². The van der Waals surface area contributed by atoms with Crippen molar-refractivity contribution in [2.75, 3.05) is 13.3 Å². The third-order valence-electron chi connectivity index (χ3n) is 3.48. The van der Waals surface area contributed by atoms with Gasteiger partial charge in [-0.2, -0.15) is 0 Å². The van der Waals surface area contributed by atoms with E-state index in [9.17, 15) is 0 Å². The summed E-state index contributed by atoms with van der Waals surface area (Å²) in [5.41, 5.74) is 8.10. The standard InChI is InChI=1S/C16H17ClN2O2/c17-13-6-12(7-15-16(13)21-10-20-15)14(8-18)19-9-11-4-2-1-3-5-11/h1-7,14,19H,8-10,18H2. The van der Waals surface area contributed by atoms with Crippen LogP contribution in [0.4, 0.5) is 0 Å². The predicted molar refractivity (Wildman–Crippen MR) is 82.7 cm³/mol. The maximum absolute atomic E-state index is 6.22. The number of fused-ring (bicyclic) bond motifs is 1. The molecule has 1 aliphatic heterocycles. The Hall–Kier alpha value is -1.75. The first-order valence-electron chi connectivity index (χ1n) is 6.84. The van der Waals surface area contributed by atoms with Crippen molar-refractivity contribution in [1.29, 1.82) is 0 Å². The molecule has 1 unspecified atom stereocenters. The first-order chi connectivity index (χ1) is 10.3. The molecule has 0 saturated carbocycles. The minimum absolute atomic E-state index is 0.0113. The lowest BCUT2D eigenvalue weighted by atomic mass is 10.1. The van der Waals surface area contributed by atoms with E-state index in [-0.39, 0.29) is 12.8 Å². The Morgan fingerprint density at radius 1 is 1.19 bits per heavy atom. The molecule has 1 aliphatic rings. The van der Waals surface area contributed by atoms with Gasteiger partial charge in [-0.15, -0.1) is 0 Å². The average molecular weight is 305 g/mol. The summed E-state index contributed by atoms with van der Waals surface area (Å²) < 4.78 is 10.7. The van der Waals surface area contributed by atoms with Crippen LogP contribution in [0, 0.1) is 0 Å². The summed E-state index contributed by atoms with van der Waals surface area (Å²) in [5.74, 6) is 1.29. The van der Waals surface area contributed by atoms with Crippen LogP contribution in [0.3, 0.4) is 0 Å². The minimum Gasteiger partial charge on any atom is -0.454 e. The van der Waals surface area contributed by atoms with Gasteiger partial charge in [0.05, 0.1) is 5.02 Å². The number of rotatable bonds is 5. The van der Waals surface area contributed by atoms with Crippen molar-refractivity contribution in [3.05, 3.63) is 58.6 Å². The third-order valence-corrected chi connectivity index (χ3v) is 3.76. The van der Waals surface area contributed by atoms with E-state index in [1.54, 1.807) is 0 Å². The van der Waals surface area contributed by atoms with Gasteiger partial charge >= 0.3 is 0 Å². The second-order valence-electron chi connectivity index (χ2n) is 4.89. The van der Waals surface area contributed by atoms with Crippen molar-refractivity contribution in [1.82, 2.24) is 5.32 Å². The van der Waals surface area contributed by atoms with E-state index in [1.165, 1.54) is 5.56 Å². The van der Waals surface area contributed by atoms with E-state index in [2.05, 4.69) is 17.4 Å². The molecule has 0 radical (unpaired) electrons. The number of nitrogens with two attached hydrogens (primary N) is 1. The summed E-state index contributed by atoms with van der Waals surface area (Å²) in [4.78, 5) is 0.